The van der Waals surface area contributed by atoms with Crippen LogP contribution < -0.4 is 11.5 Å². The monoisotopic (exact) mass is 216 g/mol. The van der Waals surface area contributed by atoms with E-state index in [1.165, 1.54) is 0 Å². The number of aryl methyl sites for hydroxylation is 2. The van der Waals surface area contributed by atoms with Crippen LogP contribution in [0.15, 0.2) is 36.7 Å². The predicted octanol–water partition coefficient (Wildman–Crippen LogP) is 1.94. The smallest absolute Gasteiger partial charge is 0.123 e. The predicted molar refractivity (Wildman–Crippen MR) is 66.8 cm³/mol. The number of nitrogens with zero attached hydrogens (tertiary/aromatic N) is 2. The normalized spacial score (nSPS) is 9.12. The molecule has 0 unspecified atom stereocenters. The van der Waals surface area contributed by atoms with E-state index in [4.69, 9.17) is 11.5 Å². The van der Waals surface area contributed by atoms with Crippen LogP contribution in [-0.2, 0) is 0 Å². The summed E-state index contributed by atoms with van der Waals surface area (Å²) >= 11 is 0. The molecule has 0 aliphatic heterocycles. The molecule has 0 aliphatic rings. The molecule has 0 aliphatic carbocycles. The molecule has 0 fully saturated rings. The third-order valence-corrected chi connectivity index (χ3v) is 1.87. The largest absolute Gasteiger partial charge is 0.384 e. The Kier molecular flexibility index (Phi) is 4.27. The van der Waals surface area contributed by atoms with Crippen LogP contribution in [0.5, 0.6) is 0 Å². The van der Waals surface area contributed by atoms with Crippen LogP contribution in [-0.4, -0.2) is 9.97 Å². The number of anilines is 2. The Morgan fingerprint density at radius 1 is 0.812 bits per heavy atom. The number of aromatic nitrogens is 2. The molecule has 0 saturated heterocycles. The summed E-state index contributed by atoms with van der Waals surface area (Å²) in [6.45, 7) is 3.97. The van der Waals surface area contributed by atoms with Crippen LogP contribution >= 0.6 is 0 Å². The Labute approximate surface area is 95.3 Å². The lowest BCUT2D eigenvalue weighted by molar-refractivity contribution is 1.29. The molecule has 0 amide bonds. The molecular formula is C12H16N4. The summed E-state index contributed by atoms with van der Waals surface area (Å²) in [5, 5.41) is 0. The lowest BCUT2D eigenvalue weighted by atomic mass is 10.3. The number of hydrogen-bond donors (Lipinski definition) is 2. The first-order valence-electron chi connectivity index (χ1n) is 4.94. The van der Waals surface area contributed by atoms with Gasteiger partial charge in [-0.15, -0.1) is 0 Å². The van der Waals surface area contributed by atoms with Gasteiger partial charge < -0.3 is 11.5 Å². The number of nitrogen functional groups attached to an aromatic ring is 2. The van der Waals surface area contributed by atoms with Gasteiger partial charge in [-0.25, -0.2) is 9.97 Å². The second-order valence-electron chi connectivity index (χ2n) is 3.52. The Hall–Kier alpha value is -2.10. The van der Waals surface area contributed by atoms with Crippen LogP contribution in [0.3, 0.4) is 0 Å². The molecule has 84 valence electrons. The molecule has 0 bridgehead atoms. The van der Waals surface area contributed by atoms with E-state index in [-0.39, 0.29) is 0 Å². The van der Waals surface area contributed by atoms with Gasteiger partial charge in [0.2, 0.25) is 0 Å². The van der Waals surface area contributed by atoms with Crippen molar-refractivity contribution in [1.82, 2.24) is 9.97 Å². The SMILES string of the molecule is Cc1ccnc(N)c1.Cc1ccnc(N)c1. The standard InChI is InChI=1S/2C6H8N2/c2*1-5-2-3-8-6(7)4-5/h2*2-4H,1H3,(H2,7,8). The second kappa shape index (κ2) is 5.70. The van der Waals surface area contributed by atoms with Gasteiger partial charge in [0.05, 0.1) is 0 Å². The molecule has 16 heavy (non-hydrogen) atoms. The zero-order valence-corrected chi connectivity index (χ0v) is 9.51. The van der Waals surface area contributed by atoms with E-state index in [2.05, 4.69) is 9.97 Å². The molecule has 4 nitrogen and oxygen atoms in total. The lowest BCUT2D eigenvalue weighted by Gasteiger charge is -1.90. The zero-order chi connectivity index (χ0) is 12.0. The van der Waals surface area contributed by atoms with Gasteiger partial charge in [0, 0.05) is 12.4 Å². The van der Waals surface area contributed by atoms with Gasteiger partial charge in [-0.1, -0.05) is 0 Å². The highest BCUT2D eigenvalue weighted by Gasteiger charge is 1.83. The maximum atomic E-state index is 5.35. The molecule has 2 heterocycles. The quantitative estimate of drug-likeness (QED) is 0.705. The minimum atomic E-state index is 0.588. The van der Waals surface area contributed by atoms with Gasteiger partial charge in [-0.2, -0.15) is 0 Å². The zero-order valence-electron chi connectivity index (χ0n) is 9.51. The van der Waals surface area contributed by atoms with E-state index in [1.807, 2.05) is 38.1 Å². The summed E-state index contributed by atoms with van der Waals surface area (Å²) in [5.41, 5.74) is 13.0. The minimum absolute atomic E-state index is 0.588. The summed E-state index contributed by atoms with van der Waals surface area (Å²) in [6, 6.07) is 7.49. The molecule has 0 aromatic carbocycles. The van der Waals surface area contributed by atoms with Crippen molar-refractivity contribution in [3.8, 4) is 0 Å². The van der Waals surface area contributed by atoms with E-state index in [9.17, 15) is 0 Å². The van der Waals surface area contributed by atoms with Gasteiger partial charge >= 0.3 is 0 Å². The van der Waals surface area contributed by atoms with E-state index in [1.54, 1.807) is 12.4 Å². The van der Waals surface area contributed by atoms with Crippen molar-refractivity contribution in [2.75, 3.05) is 11.5 Å². The number of hydrogen-bond acceptors (Lipinski definition) is 4. The second-order valence-corrected chi connectivity index (χ2v) is 3.52. The summed E-state index contributed by atoms with van der Waals surface area (Å²) in [7, 11) is 0. The number of pyridine rings is 2. The molecule has 0 spiro atoms. The average Bonchev–Trinajstić information content (AvgIpc) is 2.17. The fourth-order valence-electron chi connectivity index (χ4n) is 1.12. The van der Waals surface area contributed by atoms with Crippen molar-refractivity contribution in [2.24, 2.45) is 0 Å². The highest BCUT2D eigenvalue weighted by atomic mass is 14.8. The number of nitrogens with two attached hydrogens (primary N) is 2. The van der Waals surface area contributed by atoms with Crippen LogP contribution in [0.25, 0.3) is 0 Å². The molecule has 2 rings (SSSR count). The van der Waals surface area contributed by atoms with Crippen LogP contribution in [0.4, 0.5) is 11.6 Å². The summed E-state index contributed by atoms with van der Waals surface area (Å²) in [4.78, 5) is 7.64. The first-order chi connectivity index (χ1) is 7.58. The third-order valence-electron chi connectivity index (χ3n) is 1.87. The van der Waals surface area contributed by atoms with Gasteiger partial charge in [0.1, 0.15) is 11.6 Å². The summed E-state index contributed by atoms with van der Waals surface area (Å²) in [5.74, 6) is 1.18. The van der Waals surface area contributed by atoms with E-state index < -0.39 is 0 Å². The topological polar surface area (TPSA) is 77.8 Å². The molecular weight excluding hydrogens is 200 g/mol. The Bertz CT molecular complexity index is 376. The van der Waals surface area contributed by atoms with Crippen molar-refractivity contribution in [3.05, 3.63) is 47.8 Å². The summed E-state index contributed by atoms with van der Waals surface area (Å²) in [6.07, 6.45) is 3.40. The van der Waals surface area contributed by atoms with Crippen molar-refractivity contribution in [3.63, 3.8) is 0 Å². The van der Waals surface area contributed by atoms with Gasteiger partial charge in [-0.3, -0.25) is 0 Å². The van der Waals surface area contributed by atoms with Gasteiger partial charge in [0.15, 0.2) is 0 Å². The highest BCUT2D eigenvalue weighted by molar-refractivity contribution is 5.31. The van der Waals surface area contributed by atoms with Gasteiger partial charge in [0.25, 0.3) is 0 Å². The van der Waals surface area contributed by atoms with Crippen molar-refractivity contribution >= 4 is 11.6 Å². The molecule has 0 saturated carbocycles. The summed E-state index contributed by atoms with van der Waals surface area (Å²) < 4.78 is 0. The van der Waals surface area contributed by atoms with Crippen LogP contribution in [0, 0.1) is 13.8 Å². The molecule has 4 heteroatoms. The minimum Gasteiger partial charge on any atom is -0.384 e. The molecule has 4 N–H and O–H groups in total. The molecule has 0 atom stereocenters. The molecule has 2 aromatic rings. The first kappa shape index (κ1) is 12.0. The van der Waals surface area contributed by atoms with E-state index in [0.29, 0.717) is 11.6 Å². The lowest BCUT2D eigenvalue weighted by Crippen LogP contribution is -1.87. The maximum absolute atomic E-state index is 5.35. The Morgan fingerprint density at radius 2 is 1.19 bits per heavy atom. The average molecular weight is 216 g/mol. The Balaban J connectivity index is 0.000000160. The van der Waals surface area contributed by atoms with E-state index >= 15 is 0 Å². The first-order valence-corrected chi connectivity index (χ1v) is 4.94. The van der Waals surface area contributed by atoms with Crippen molar-refractivity contribution < 1.29 is 0 Å². The fourth-order valence-corrected chi connectivity index (χ4v) is 1.12. The fraction of sp³-hybridized carbons (Fsp3) is 0.167. The maximum Gasteiger partial charge on any atom is 0.123 e. The van der Waals surface area contributed by atoms with Crippen molar-refractivity contribution in [1.29, 1.82) is 0 Å². The van der Waals surface area contributed by atoms with E-state index in [0.717, 1.165) is 11.1 Å². The Morgan fingerprint density at radius 3 is 1.38 bits per heavy atom. The van der Waals surface area contributed by atoms with Gasteiger partial charge in [-0.05, 0) is 49.2 Å². The molecule has 2 aromatic heterocycles. The van der Waals surface area contributed by atoms with Crippen molar-refractivity contribution in [2.45, 2.75) is 13.8 Å². The van der Waals surface area contributed by atoms with Crippen LogP contribution in [0.2, 0.25) is 0 Å². The molecule has 0 radical (unpaired) electrons. The highest BCUT2D eigenvalue weighted by Crippen LogP contribution is 1.99. The number of rotatable bonds is 0. The third kappa shape index (κ3) is 4.41. The van der Waals surface area contributed by atoms with Crippen LogP contribution in [0.1, 0.15) is 11.1 Å².